The molecule has 2 aromatic heterocycles. The molecule has 1 atom stereocenters. The summed E-state index contributed by atoms with van der Waals surface area (Å²) in [7, 11) is -3.65. The third kappa shape index (κ3) is 3.10. The summed E-state index contributed by atoms with van der Waals surface area (Å²) in [6, 6.07) is 6.73. The predicted octanol–water partition coefficient (Wildman–Crippen LogP) is 3.12. The van der Waals surface area contributed by atoms with E-state index in [1.807, 2.05) is 16.8 Å². The molecule has 3 heterocycles. The van der Waals surface area contributed by atoms with Crippen molar-refractivity contribution in [2.24, 2.45) is 0 Å². The van der Waals surface area contributed by atoms with Gasteiger partial charge in [-0.2, -0.15) is 15.6 Å². The fourth-order valence-electron chi connectivity index (χ4n) is 2.81. The second-order valence-corrected chi connectivity index (χ2v) is 8.48. The summed E-state index contributed by atoms with van der Waals surface area (Å²) in [6.45, 7) is 0.630. The number of rotatable bonds is 4. The summed E-state index contributed by atoms with van der Waals surface area (Å²) in [6.07, 6.45) is 0.603. The van der Waals surface area contributed by atoms with E-state index in [0.717, 1.165) is 17.7 Å². The smallest absolute Gasteiger partial charge is 0.248 e. The maximum absolute atomic E-state index is 13.0. The van der Waals surface area contributed by atoms with Gasteiger partial charge in [-0.25, -0.2) is 12.8 Å². The molecular formula is C16H14FN3O3S2. The van der Waals surface area contributed by atoms with E-state index >= 15 is 0 Å². The van der Waals surface area contributed by atoms with Crippen LogP contribution in [0.2, 0.25) is 0 Å². The highest BCUT2D eigenvalue weighted by Crippen LogP contribution is 2.32. The van der Waals surface area contributed by atoms with Gasteiger partial charge in [-0.1, -0.05) is 0 Å². The van der Waals surface area contributed by atoms with E-state index in [9.17, 15) is 12.8 Å². The second kappa shape index (κ2) is 6.32. The van der Waals surface area contributed by atoms with Crippen LogP contribution in [0, 0.1) is 5.82 Å². The Kier molecular flexibility index (Phi) is 4.14. The molecule has 0 bridgehead atoms. The lowest BCUT2D eigenvalue weighted by molar-refractivity contribution is 0.440. The lowest BCUT2D eigenvalue weighted by Gasteiger charge is -2.15. The van der Waals surface area contributed by atoms with E-state index in [0.29, 0.717) is 24.7 Å². The molecule has 9 heteroatoms. The lowest BCUT2D eigenvalue weighted by Crippen LogP contribution is -2.28. The number of thiophene rings is 1. The number of halogens is 1. The van der Waals surface area contributed by atoms with E-state index in [-0.39, 0.29) is 17.4 Å². The third-order valence-electron chi connectivity index (χ3n) is 4.16. The zero-order valence-corrected chi connectivity index (χ0v) is 14.6. The largest absolute Gasteiger partial charge is 0.420 e. The molecule has 0 amide bonds. The van der Waals surface area contributed by atoms with Gasteiger partial charge >= 0.3 is 0 Å². The first-order valence-electron chi connectivity index (χ1n) is 7.66. The maximum atomic E-state index is 13.0. The van der Waals surface area contributed by atoms with Gasteiger partial charge in [-0.05, 0) is 42.1 Å². The summed E-state index contributed by atoms with van der Waals surface area (Å²) in [5.74, 6) is 0.272. The third-order valence-corrected chi connectivity index (χ3v) is 6.72. The Morgan fingerprint density at radius 2 is 2.00 bits per heavy atom. The highest BCUT2D eigenvalue weighted by atomic mass is 32.2. The monoisotopic (exact) mass is 379 g/mol. The Hall–Kier alpha value is -2.10. The minimum absolute atomic E-state index is 0.0824. The van der Waals surface area contributed by atoms with Gasteiger partial charge in [0.05, 0.1) is 10.8 Å². The van der Waals surface area contributed by atoms with Gasteiger partial charge in [-0.3, -0.25) is 0 Å². The Morgan fingerprint density at radius 3 is 2.72 bits per heavy atom. The SMILES string of the molecule is O=S(=O)(c1ccc(F)cc1)N1CC[C@H](c2nnc(-c3ccsc3)o2)C1. The average Bonchev–Trinajstić information content (AvgIpc) is 3.34. The highest BCUT2D eigenvalue weighted by molar-refractivity contribution is 7.89. The Bertz CT molecular complexity index is 968. The molecule has 0 aliphatic carbocycles. The number of benzene rings is 1. The first kappa shape index (κ1) is 16.4. The summed E-state index contributed by atoms with van der Waals surface area (Å²) >= 11 is 1.54. The van der Waals surface area contributed by atoms with Crippen LogP contribution in [-0.4, -0.2) is 36.0 Å². The van der Waals surface area contributed by atoms with Crippen LogP contribution in [0.4, 0.5) is 4.39 Å². The number of sulfonamides is 1. The molecule has 1 aliphatic heterocycles. The molecule has 0 spiro atoms. The van der Waals surface area contributed by atoms with Crippen molar-refractivity contribution >= 4 is 21.4 Å². The highest BCUT2D eigenvalue weighted by Gasteiger charge is 2.35. The van der Waals surface area contributed by atoms with E-state index < -0.39 is 15.8 Å². The molecule has 3 aromatic rings. The van der Waals surface area contributed by atoms with Crippen LogP contribution in [0.25, 0.3) is 11.5 Å². The van der Waals surface area contributed by atoms with E-state index in [1.165, 1.54) is 27.8 Å². The van der Waals surface area contributed by atoms with Gasteiger partial charge in [-0.15, -0.1) is 10.2 Å². The molecule has 0 saturated carbocycles. The second-order valence-electron chi connectivity index (χ2n) is 5.76. The van der Waals surface area contributed by atoms with Gasteiger partial charge in [0.25, 0.3) is 0 Å². The zero-order chi connectivity index (χ0) is 17.4. The quantitative estimate of drug-likeness (QED) is 0.696. The molecule has 6 nitrogen and oxygen atoms in total. The lowest BCUT2D eigenvalue weighted by atomic mass is 10.1. The minimum atomic E-state index is -3.65. The number of aromatic nitrogens is 2. The first-order valence-corrected chi connectivity index (χ1v) is 10.0. The molecule has 1 aromatic carbocycles. The molecule has 1 saturated heterocycles. The molecular weight excluding hydrogens is 365 g/mol. The van der Waals surface area contributed by atoms with Gasteiger partial charge in [0.2, 0.25) is 21.8 Å². The zero-order valence-electron chi connectivity index (χ0n) is 13.0. The van der Waals surface area contributed by atoms with Gasteiger partial charge in [0.1, 0.15) is 5.82 Å². The average molecular weight is 379 g/mol. The first-order chi connectivity index (χ1) is 12.0. The molecule has 130 valence electrons. The van der Waals surface area contributed by atoms with E-state index in [2.05, 4.69) is 10.2 Å². The number of nitrogens with zero attached hydrogens (tertiary/aromatic N) is 3. The minimum Gasteiger partial charge on any atom is -0.420 e. The molecule has 0 N–H and O–H groups in total. The summed E-state index contributed by atoms with van der Waals surface area (Å²) < 4.78 is 45.4. The van der Waals surface area contributed by atoms with Crippen molar-refractivity contribution in [2.45, 2.75) is 17.2 Å². The maximum Gasteiger partial charge on any atom is 0.248 e. The van der Waals surface area contributed by atoms with Crippen LogP contribution in [0.15, 0.2) is 50.4 Å². The summed E-state index contributed by atoms with van der Waals surface area (Å²) in [5.41, 5.74) is 0.859. The van der Waals surface area contributed by atoms with Gasteiger partial charge < -0.3 is 4.42 Å². The fourth-order valence-corrected chi connectivity index (χ4v) is 4.94. The molecule has 1 fully saturated rings. The van der Waals surface area contributed by atoms with Crippen molar-refractivity contribution in [2.75, 3.05) is 13.1 Å². The van der Waals surface area contributed by atoms with Crippen molar-refractivity contribution in [3.8, 4) is 11.5 Å². The normalized spacial score (nSPS) is 18.7. The number of hydrogen-bond acceptors (Lipinski definition) is 6. The standard InChI is InChI=1S/C16H14FN3O3S2/c17-13-1-3-14(4-2-13)25(21,22)20-7-5-11(9-20)15-18-19-16(23-15)12-6-8-24-10-12/h1-4,6,8,10-11H,5,7,9H2/t11-/m0/s1. The van der Waals surface area contributed by atoms with Crippen molar-refractivity contribution < 1.29 is 17.2 Å². The van der Waals surface area contributed by atoms with Crippen LogP contribution in [-0.2, 0) is 10.0 Å². The number of hydrogen-bond donors (Lipinski definition) is 0. The van der Waals surface area contributed by atoms with Crippen LogP contribution in [0.3, 0.4) is 0 Å². The van der Waals surface area contributed by atoms with Crippen LogP contribution >= 0.6 is 11.3 Å². The van der Waals surface area contributed by atoms with Crippen LogP contribution < -0.4 is 0 Å². The summed E-state index contributed by atoms with van der Waals surface area (Å²) in [5, 5.41) is 11.9. The Labute approximate surface area is 148 Å². The van der Waals surface area contributed by atoms with Crippen molar-refractivity contribution in [3.63, 3.8) is 0 Å². The molecule has 1 aliphatic rings. The van der Waals surface area contributed by atoms with E-state index in [1.54, 1.807) is 0 Å². The molecule has 0 unspecified atom stereocenters. The Morgan fingerprint density at radius 1 is 1.20 bits per heavy atom. The van der Waals surface area contributed by atoms with Crippen molar-refractivity contribution in [1.29, 1.82) is 0 Å². The van der Waals surface area contributed by atoms with Gasteiger partial charge in [0, 0.05) is 24.0 Å². The Balaban J connectivity index is 1.52. The van der Waals surface area contributed by atoms with Crippen LogP contribution in [0.1, 0.15) is 18.2 Å². The van der Waals surface area contributed by atoms with Crippen molar-refractivity contribution in [1.82, 2.24) is 14.5 Å². The van der Waals surface area contributed by atoms with E-state index in [4.69, 9.17) is 4.42 Å². The molecule has 0 radical (unpaired) electrons. The topological polar surface area (TPSA) is 76.3 Å². The molecule has 4 rings (SSSR count). The van der Waals surface area contributed by atoms with Crippen LogP contribution in [0.5, 0.6) is 0 Å². The summed E-state index contributed by atoms with van der Waals surface area (Å²) in [4.78, 5) is 0.0824. The predicted molar refractivity (Wildman–Crippen MR) is 90.1 cm³/mol. The van der Waals surface area contributed by atoms with Crippen molar-refractivity contribution in [3.05, 3.63) is 52.8 Å². The van der Waals surface area contributed by atoms with Gasteiger partial charge in [0.15, 0.2) is 0 Å². The molecule has 25 heavy (non-hydrogen) atoms. The fraction of sp³-hybridized carbons (Fsp3) is 0.250.